The van der Waals surface area contributed by atoms with Crippen LogP contribution in [-0.4, -0.2) is 39.2 Å². The first kappa shape index (κ1) is 21.5. The van der Waals surface area contributed by atoms with Gasteiger partial charge in [-0.05, 0) is 30.2 Å². The van der Waals surface area contributed by atoms with E-state index in [9.17, 15) is 31.1 Å². The molecule has 1 aromatic carbocycles. The van der Waals surface area contributed by atoms with Crippen LogP contribution in [0.25, 0.3) is 10.9 Å². The van der Waals surface area contributed by atoms with E-state index < -0.39 is 29.9 Å². The normalized spacial score (nSPS) is 17.1. The lowest BCUT2D eigenvalue weighted by atomic mass is 9.97. The Kier molecular flexibility index (Phi) is 5.40. The second-order valence-corrected chi connectivity index (χ2v) is 8.01. The molecule has 1 aliphatic heterocycles. The second kappa shape index (κ2) is 7.77. The molecule has 164 valence electrons. The monoisotopic (exact) mass is 459 g/mol. The maximum absolute atomic E-state index is 13.9. The van der Waals surface area contributed by atoms with Crippen molar-refractivity contribution < 1.29 is 31.1 Å². The number of para-hydroxylation sites is 1. The summed E-state index contributed by atoms with van der Waals surface area (Å²) in [6, 6.07) is 6.66. The average molecular weight is 459 g/mol. The standard InChI is InChI=1S/C20H15F6N3OS/c21-19(22,23)11-5-6-15(27-9-11)31-10-16(30)29-8-7-13-12-3-1-2-4-14(12)28-17(13)18(29)20(24,25)26/h1-6,9,18,28H,7-8,10H2. The molecule has 1 N–H and O–H groups in total. The Labute approximate surface area is 176 Å². The van der Waals surface area contributed by atoms with Gasteiger partial charge in [-0.25, -0.2) is 4.98 Å². The van der Waals surface area contributed by atoms with Crippen LogP contribution in [0.3, 0.4) is 0 Å². The Morgan fingerprint density at radius 1 is 1.13 bits per heavy atom. The Hall–Kier alpha value is -2.69. The van der Waals surface area contributed by atoms with E-state index in [1.165, 1.54) is 0 Å². The highest BCUT2D eigenvalue weighted by Gasteiger charge is 2.50. The van der Waals surface area contributed by atoms with Gasteiger partial charge in [0.2, 0.25) is 5.91 Å². The number of pyridine rings is 1. The fraction of sp³-hybridized carbons (Fsp3) is 0.300. The summed E-state index contributed by atoms with van der Waals surface area (Å²) < 4.78 is 79.7. The zero-order valence-corrected chi connectivity index (χ0v) is 16.5. The van der Waals surface area contributed by atoms with E-state index in [1.54, 1.807) is 24.3 Å². The average Bonchev–Trinajstić information content (AvgIpc) is 3.08. The minimum atomic E-state index is -4.69. The Balaban J connectivity index is 1.55. The highest BCUT2D eigenvalue weighted by Crippen LogP contribution is 2.44. The third-order valence-electron chi connectivity index (χ3n) is 5.07. The maximum Gasteiger partial charge on any atom is 0.417 e. The summed E-state index contributed by atoms with van der Waals surface area (Å²) in [5, 5.41) is 0.815. The lowest BCUT2D eigenvalue weighted by Crippen LogP contribution is -2.47. The topological polar surface area (TPSA) is 49.0 Å². The number of halogens is 6. The van der Waals surface area contributed by atoms with Gasteiger partial charge in [-0.1, -0.05) is 30.0 Å². The predicted octanol–water partition coefficient (Wildman–Crippen LogP) is 5.36. The summed E-state index contributed by atoms with van der Waals surface area (Å²) in [6.07, 6.45) is -8.34. The fourth-order valence-corrected chi connectivity index (χ4v) is 4.43. The van der Waals surface area contributed by atoms with Gasteiger partial charge in [-0.3, -0.25) is 4.79 Å². The summed E-state index contributed by atoms with van der Waals surface area (Å²) in [6.45, 7) is -0.112. The number of rotatable bonds is 3. The van der Waals surface area contributed by atoms with E-state index in [4.69, 9.17) is 0 Å². The van der Waals surface area contributed by atoms with E-state index in [0.717, 1.165) is 28.8 Å². The van der Waals surface area contributed by atoms with Crippen LogP contribution in [-0.2, 0) is 17.4 Å². The molecule has 0 bridgehead atoms. The van der Waals surface area contributed by atoms with Crippen LogP contribution in [0.4, 0.5) is 26.3 Å². The molecule has 1 amide bonds. The third-order valence-corrected chi connectivity index (χ3v) is 6.00. The lowest BCUT2D eigenvalue weighted by molar-refractivity contribution is -0.193. The van der Waals surface area contributed by atoms with Gasteiger partial charge in [0.25, 0.3) is 0 Å². The number of nitrogens with one attached hydrogen (secondary N) is 1. The highest BCUT2D eigenvalue weighted by atomic mass is 32.2. The van der Waals surface area contributed by atoms with Crippen molar-refractivity contribution in [1.29, 1.82) is 0 Å². The minimum absolute atomic E-state index is 0.0500. The summed E-state index contributed by atoms with van der Waals surface area (Å²) in [5.41, 5.74) is 0.118. The SMILES string of the molecule is O=C(CSc1ccc(C(F)(F)F)cn1)N1CCc2c([nH]c3ccccc23)C1C(F)(F)F. The Morgan fingerprint density at radius 2 is 1.87 bits per heavy atom. The van der Waals surface area contributed by atoms with Crippen molar-refractivity contribution >= 4 is 28.6 Å². The Bertz CT molecular complexity index is 1110. The van der Waals surface area contributed by atoms with Crippen LogP contribution in [0, 0.1) is 0 Å². The van der Waals surface area contributed by atoms with Gasteiger partial charge in [-0.2, -0.15) is 26.3 Å². The number of benzene rings is 1. The van der Waals surface area contributed by atoms with E-state index in [2.05, 4.69) is 9.97 Å². The van der Waals surface area contributed by atoms with Crippen LogP contribution in [0.15, 0.2) is 47.6 Å². The van der Waals surface area contributed by atoms with Crippen molar-refractivity contribution in [3.05, 3.63) is 59.4 Å². The number of carbonyl (C=O) groups excluding carboxylic acids is 1. The van der Waals surface area contributed by atoms with Gasteiger partial charge in [-0.15, -0.1) is 0 Å². The van der Waals surface area contributed by atoms with Crippen molar-refractivity contribution in [3.63, 3.8) is 0 Å². The van der Waals surface area contributed by atoms with Crippen molar-refractivity contribution in [3.8, 4) is 0 Å². The number of amides is 1. The summed E-state index contributed by atoms with van der Waals surface area (Å²) in [5.74, 6) is -1.14. The number of fused-ring (bicyclic) bond motifs is 3. The molecule has 2 aromatic heterocycles. The molecule has 3 heterocycles. The van der Waals surface area contributed by atoms with Gasteiger partial charge in [0.05, 0.1) is 22.0 Å². The van der Waals surface area contributed by atoms with Crippen LogP contribution in [0.2, 0.25) is 0 Å². The first-order chi connectivity index (χ1) is 14.6. The van der Waals surface area contributed by atoms with Gasteiger partial charge < -0.3 is 9.88 Å². The molecule has 0 saturated heterocycles. The predicted molar refractivity (Wildman–Crippen MR) is 102 cm³/mol. The molecule has 1 aliphatic rings. The van der Waals surface area contributed by atoms with E-state index in [1.807, 2.05) is 0 Å². The molecule has 0 saturated carbocycles. The molecule has 0 radical (unpaired) electrons. The van der Waals surface area contributed by atoms with Gasteiger partial charge in [0.1, 0.15) is 0 Å². The number of aromatic nitrogens is 2. The van der Waals surface area contributed by atoms with Gasteiger partial charge in [0.15, 0.2) is 6.04 Å². The molecule has 0 fully saturated rings. The molecular formula is C20H15F6N3OS. The van der Waals surface area contributed by atoms with E-state index in [-0.39, 0.29) is 29.4 Å². The molecule has 11 heteroatoms. The molecular weight excluding hydrogens is 444 g/mol. The smallest absolute Gasteiger partial charge is 0.356 e. The number of alkyl halides is 6. The number of thioether (sulfide) groups is 1. The van der Waals surface area contributed by atoms with Gasteiger partial charge in [0, 0.05) is 23.6 Å². The van der Waals surface area contributed by atoms with Crippen LogP contribution in [0.1, 0.15) is 22.9 Å². The second-order valence-electron chi connectivity index (χ2n) is 7.02. The number of carbonyl (C=O) groups is 1. The first-order valence-corrected chi connectivity index (χ1v) is 10.2. The van der Waals surface area contributed by atoms with Crippen LogP contribution < -0.4 is 0 Å². The first-order valence-electron chi connectivity index (χ1n) is 9.17. The zero-order chi connectivity index (χ0) is 22.4. The molecule has 4 nitrogen and oxygen atoms in total. The van der Waals surface area contributed by atoms with Crippen molar-refractivity contribution in [2.75, 3.05) is 12.3 Å². The van der Waals surface area contributed by atoms with Crippen molar-refractivity contribution in [2.24, 2.45) is 0 Å². The Morgan fingerprint density at radius 3 is 2.52 bits per heavy atom. The van der Waals surface area contributed by atoms with Gasteiger partial charge >= 0.3 is 12.4 Å². The van der Waals surface area contributed by atoms with Crippen molar-refractivity contribution in [2.45, 2.75) is 29.8 Å². The molecule has 1 atom stereocenters. The maximum atomic E-state index is 13.9. The van der Waals surface area contributed by atoms with Crippen molar-refractivity contribution in [1.82, 2.24) is 14.9 Å². The third kappa shape index (κ3) is 4.23. The summed E-state index contributed by atoms with van der Waals surface area (Å²) in [4.78, 5) is 19.9. The number of hydrogen-bond donors (Lipinski definition) is 1. The molecule has 3 aromatic rings. The number of H-pyrrole nitrogens is 1. The minimum Gasteiger partial charge on any atom is -0.356 e. The number of aromatic amines is 1. The van der Waals surface area contributed by atoms with Crippen LogP contribution in [0.5, 0.6) is 0 Å². The lowest BCUT2D eigenvalue weighted by Gasteiger charge is -2.36. The highest BCUT2D eigenvalue weighted by molar-refractivity contribution is 7.99. The summed E-state index contributed by atoms with van der Waals surface area (Å²) >= 11 is 0.793. The molecule has 0 aliphatic carbocycles. The quantitative estimate of drug-likeness (QED) is 0.424. The van der Waals surface area contributed by atoms with E-state index in [0.29, 0.717) is 22.7 Å². The molecule has 0 spiro atoms. The van der Waals surface area contributed by atoms with Crippen LogP contribution >= 0.6 is 11.8 Å². The zero-order valence-electron chi connectivity index (χ0n) is 15.7. The summed E-state index contributed by atoms with van der Waals surface area (Å²) in [7, 11) is 0. The largest absolute Gasteiger partial charge is 0.417 e. The number of hydrogen-bond acceptors (Lipinski definition) is 3. The number of nitrogens with zero attached hydrogens (tertiary/aromatic N) is 2. The fourth-order valence-electron chi connectivity index (χ4n) is 3.70. The molecule has 4 rings (SSSR count). The molecule has 31 heavy (non-hydrogen) atoms. The van der Waals surface area contributed by atoms with E-state index >= 15 is 0 Å². The molecule has 1 unspecified atom stereocenters.